The summed E-state index contributed by atoms with van der Waals surface area (Å²) in [7, 11) is 0. The predicted octanol–water partition coefficient (Wildman–Crippen LogP) is 3.55. The molecule has 0 bridgehead atoms. The molecule has 8 heteroatoms. The van der Waals surface area contributed by atoms with Gasteiger partial charge in [-0.25, -0.2) is 4.79 Å². The highest BCUT2D eigenvalue weighted by molar-refractivity contribution is 6.13. The van der Waals surface area contributed by atoms with E-state index in [4.69, 9.17) is 19.9 Å². The maximum absolute atomic E-state index is 13.3. The number of aromatic nitrogens is 1. The topological polar surface area (TPSA) is 118 Å². The van der Waals surface area contributed by atoms with Gasteiger partial charge in [0.25, 0.3) is 0 Å². The quantitative estimate of drug-likeness (QED) is 0.263. The minimum atomic E-state index is -1.79. The molecule has 0 aliphatic heterocycles. The highest BCUT2D eigenvalue weighted by atomic mass is 16.6. The van der Waals surface area contributed by atoms with Gasteiger partial charge >= 0.3 is 17.9 Å². The first-order chi connectivity index (χ1) is 14.9. The van der Waals surface area contributed by atoms with Gasteiger partial charge in [-0.2, -0.15) is 0 Å². The average Bonchev–Trinajstić information content (AvgIpc) is 2.76. The maximum Gasteiger partial charge on any atom is 0.340 e. The Kier molecular flexibility index (Phi) is 8.36. The fourth-order valence-corrected chi connectivity index (χ4v) is 3.57. The molecule has 0 amide bonds. The fraction of sp³-hybridized carbons (Fsp3) is 0.478. The predicted molar refractivity (Wildman–Crippen MR) is 117 cm³/mol. The molecule has 1 aromatic carbocycles. The lowest BCUT2D eigenvalue weighted by molar-refractivity contribution is -0.165. The number of esters is 3. The number of nitrogens with zero attached hydrogens (tertiary/aromatic N) is 1. The lowest BCUT2D eigenvalue weighted by Crippen LogP contribution is -2.46. The van der Waals surface area contributed by atoms with E-state index < -0.39 is 23.3 Å². The molecule has 0 aliphatic rings. The SMILES string of the molecule is CCCCC(C(=O)OCC)(C(=O)OCC)c1cc(C(=O)OCC)c(N)c2cccnc12. The highest BCUT2D eigenvalue weighted by Gasteiger charge is 2.51. The summed E-state index contributed by atoms with van der Waals surface area (Å²) in [5, 5.41) is 0.442. The fourth-order valence-electron chi connectivity index (χ4n) is 3.57. The van der Waals surface area contributed by atoms with E-state index in [1.807, 2.05) is 6.92 Å². The second kappa shape index (κ2) is 10.7. The van der Waals surface area contributed by atoms with Gasteiger partial charge in [-0.05, 0) is 45.4 Å². The van der Waals surface area contributed by atoms with Crippen molar-refractivity contribution < 1.29 is 28.6 Å². The second-order valence-electron chi connectivity index (χ2n) is 6.96. The van der Waals surface area contributed by atoms with Crippen LogP contribution in [-0.2, 0) is 29.2 Å². The van der Waals surface area contributed by atoms with Crippen molar-refractivity contribution in [3.8, 4) is 0 Å². The molecule has 0 saturated carbocycles. The summed E-state index contributed by atoms with van der Waals surface area (Å²) < 4.78 is 15.8. The minimum absolute atomic E-state index is 0.0619. The number of nitrogens with two attached hydrogens (primary N) is 1. The molecule has 0 atom stereocenters. The van der Waals surface area contributed by atoms with Gasteiger partial charge in [-0.15, -0.1) is 0 Å². The largest absolute Gasteiger partial charge is 0.465 e. The molecule has 1 aromatic heterocycles. The third kappa shape index (κ3) is 4.62. The van der Waals surface area contributed by atoms with Crippen LogP contribution in [0.2, 0.25) is 0 Å². The number of rotatable bonds is 10. The van der Waals surface area contributed by atoms with Crippen molar-refractivity contribution in [1.82, 2.24) is 4.98 Å². The third-order valence-electron chi connectivity index (χ3n) is 5.04. The second-order valence-corrected chi connectivity index (χ2v) is 6.96. The van der Waals surface area contributed by atoms with Gasteiger partial charge in [0.05, 0.1) is 36.6 Å². The molecule has 2 N–H and O–H groups in total. The molecule has 0 radical (unpaired) electrons. The number of pyridine rings is 1. The van der Waals surface area contributed by atoms with Crippen LogP contribution in [0.15, 0.2) is 24.4 Å². The Labute approximate surface area is 182 Å². The summed E-state index contributed by atoms with van der Waals surface area (Å²) in [6.45, 7) is 7.27. The summed E-state index contributed by atoms with van der Waals surface area (Å²) >= 11 is 0. The standard InChI is InChI=1S/C23H30N2O6/c1-5-9-12-23(21(27)30-7-3,22(28)31-8-4)17-14-16(20(26)29-6-2)18(24)15-11-10-13-25-19(15)17/h10-11,13-14H,5-9,12,24H2,1-4H3. The number of unbranched alkanes of at least 4 members (excludes halogenated alkanes) is 1. The summed E-state index contributed by atoms with van der Waals surface area (Å²) in [6, 6.07) is 4.77. The van der Waals surface area contributed by atoms with Crippen LogP contribution in [0, 0.1) is 0 Å². The first kappa shape index (κ1) is 24.1. The molecular weight excluding hydrogens is 400 g/mol. The number of carbonyl (C=O) groups excluding carboxylic acids is 3. The van der Waals surface area contributed by atoms with Crippen molar-refractivity contribution >= 4 is 34.5 Å². The highest BCUT2D eigenvalue weighted by Crippen LogP contribution is 2.40. The molecule has 1 heterocycles. The molecular formula is C23H30N2O6. The van der Waals surface area contributed by atoms with Crippen molar-refractivity contribution in [1.29, 1.82) is 0 Å². The smallest absolute Gasteiger partial charge is 0.340 e. The number of anilines is 1. The molecule has 168 valence electrons. The molecule has 0 aliphatic carbocycles. The third-order valence-corrected chi connectivity index (χ3v) is 5.04. The molecule has 2 aromatic rings. The Morgan fingerprint density at radius 3 is 2.16 bits per heavy atom. The lowest BCUT2D eigenvalue weighted by Gasteiger charge is -2.31. The molecule has 0 spiro atoms. The summed E-state index contributed by atoms with van der Waals surface area (Å²) in [5.74, 6) is -2.13. The molecule has 2 rings (SSSR count). The number of carbonyl (C=O) groups is 3. The lowest BCUT2D eigenvalue weighted by atomic mass is 9.74. The number of hydrogen-bond acceptors (Lipinski definition) is 8. The van der Waals surface area contributed by atoms with E-state index in [0.717, 1.165) is 6.42 Å². The number of hydrogen-bond donors (Lipinski definition) is 1. The zero-order valence-corrected chi connectivity index (χ0v) is 18.5. The maximum atomic E-state index is 13.3. The zero-order chi connectivity index (χ0) is 23.0. The first-order valence-corrected chi connectivity index (χ1v) is 10.6. The van der Waals surface area contributed by atoms with Gasteiger partial charge in [0.2, 0.25) is 0 Å². The van der Waals surface area contributed by atoms with Gasteiger partial charge in [0.1, 0.15) is 0 Å². The van der Waals surface area contributed by atoms with E-state index in [-0.39, 0.29) is 43.1 Å². The van der Waals surface area contributed by atoms with E-state index in [9.17, 15) is 14.4 Å². The normalized spacial score (nSPS) is 11.2. The van der Waals surface area contributed by atoms with Crippen LogP contribution in [0.25, 0.3) is 10.9 Å². The molecule has 0 saturated heterocycles. The zero-order valence-electron chi connectivity index (χ0n) is 18.5. The van der Waals surface area contributed by atoms with Crippen molar-refractivity contribution in [2.75, 3.05) is 25.6 Å². The molecule has 31 heavy (non-hydrogen) atoms. The van der Waals surface area contributed by atoms with Gasteiger partial charge in [0.15, 0.2) is 5.41 Å². The summed E-state index contributed by atoms with van der Waals surface area (Å²) in [6.07, 6.45) is 2.95. The number of nitrogen functional groups attached to an aromatic ring is 1. The first-order valence-electron chi connectivity index (χ1n) is 10.6. The number of benzene rings is 1. The Morgan fingerprint density at radius 1 is 1.00 bits per heavy atom. The Morgan fingerprint density at radius 2 is 1.61 bits per heavy atom. The van der Waals surface area contributed by atoms with Crippen LogP contribution in [0.5, 0.6) is 0 Å². The molecule has 8 nitrogen and oxygen atoms in total. The summed E-state index contributed by atoms with van der Waals surface area (Å²) in [5.41, 5.74) is 5.27. The van der Waals surface area contributed by atoms with E-state index >= 15 is 0 Å². The van der Waals surface area contributed by atoms with Crippen molar-refractivity contribution in [2.24, 2.45) is 0 Å². The van der Waals surface area contributed by atoms with E-state index in [2.05, 4.69) is 4.98 Å². The molecule has 0 unspecified atom stereocenters. The van der Waals surface area contributed by atoms with Crippen molar-refractivity contribution in [3.05, 3.63) is 35.5 Å². The average molecular weight is 431 g/mol. The van der Waals surface area contributed by atoms with Crippen LogP contribution in [-0.4, -0.2) is 42.7 Å². The number of ether oxygens (including phenoxy) is 3. The van der Waals surface area contributed by atoms with Crippen LogP contribution >= 0.6 is 0 Å². The van der Waals surface area contributed by atoms with Crippen LogP contribution in [0.1, 0.15) is 62.9 Å². The van der Waals surface area contributed by atoms with E-state index in [1.165, 1.54) is 12.3 Å². The van der Waals surface area contributed by atoms with Gasteiger partial charge < -0.3 is 19.9 Å². The van der Waals surface area contributed by atoms with E-state index in [0.29, 0.717) is 17.3 Å². The van der Waals surface area contributed by atoms with Gasteiger partial charge in [-0.1, -0.05) is 19.8 Å². The van der Waals surface area contributed by atoms with E-state index in [1.54, 1.807) is 32.9 Å². The molecule has 0 fully saturated rings. The Bertz CT molecular complexity index is 938. The summed E-state index contributed by atoms with van der Waals surface area (Å²) in [4.78, 5) is 43.7. The van der Waals surface area contributed by atoms with Crippen LogP contribution in [0.4, 0.5) is 5.69 Å². The Hall–Kier alpha value is -3.16. The van der Waals surface area contributed by atoms with Gasteiger partial charge in [0, 0.05) is 17.1 Å². The van der Waals surface area contributed by atoms with Crippen molar-refractivity contribution in [3.63, 3.8) is 0 Å². The number of fused-ring (bicyclic) bond motifs is 1. The van der Waals surface area contributed by atoms with Crippen LogP contribution < -0.4 is 5.73 Å². The van der Waals surface area contributed by atoms with Crippen LogP contribution in [0.3, 0.4) is 0 Å². The Balaban J connectivity index is 2.95. The minimum Gasteiger partial charge on any atom is -0.465 e. The monoisotopic (exact) mass is 430 g/mol. The van der Waals surface area contributed by atoms with Gasteiger partial charge in [-0.3, -0.25) is 14.6 Å². The van der Waals surface area contributed by atoms with Crippen molar-refractivity contribution in [2.45, 2.75) is 52.4 Å².